The number of rotatable bonds is 4. The summed E-state index contributed by atoms with van der Waals surface area (Å²) in [4.78, 5) is 0. The molecule has 0 bridgehead atoms. The Balaban J connectivity index is 2.68. The standard InChI is InChI=1S/C12H16FN/c1-10(5-4-8-14-2)11-6-3-7-12(13)9-11/h3,5-7,9,14H,4,8H2,1-2H3. The highest BCUT2D eigenvalue weighted by Gasteiger charge is 1.96. The van der Waals surface area contributed by atoms with E-state index in [2.05, 4.69) is 11.4 Å². The number of hydrogen-bond donors (Lipinski definition) is 1. The summed E-state index contributed by atoms with van der Waals surface area (Å²) in [6, 6.07) is 6.68. The largest absolute Gasteiger partial charge is 0.319 e. The Morgan fingerprint density at radius 2 is 2.29 bits per heavy atom. The van der Waals surface area contributed by atoms with Gasteiger partial charge in [0, 0.05) is 0 Å². The first-order chi connectivity index (χ1) is 6.74. The third-order valence-electron chi connectivity index (χ3n) is 2.12. The van der Waals surface area contributed by atoms with Crippen LogP contribution in [0.3, 0.4) is 0 Å². The van der Waals surface area contributed by atoms with E-state index in [0.29, 0.717) is 0 Å². The Labute approximate surface area is 84.6 Å². The number of benzene rings is 1. The Hall–Kier alpha value is -1.15. The Kier molecular flexibility index (Phi) is 4.33. The van der Waals surface area contributed by atoms with Crippen LogP contribution >= 0.6 is 0 Å². The molecule has 1 aromatic rings. The minimum Gasteiger partial charge on any atom is -0.319 e. The fourth-order valence-electron chi connectivity index (χ4n) is 1.28. The molecule has 0 saturated heterocycles. The minimum absolute atomic E-state index is 0.177. The van der Waals surface area contributed by atoms with Crippen molar-refractivity contribution >= 4 is 5.57 Å². The Bertz CT molecular complexity index is 318. The average Bonchev–Trinajstić information content (AvgIpc) is 2.18. The molecule has 76 valence electrons. The van der Waals surface area contributed by atoms with Crippen molar-refractivity contribution in [3.05, 3.63) is 41.7 Å². The zero-order valence-electron chi connectivity index (χ0n) is 8.68. The van der Waals surface area contributed by atoms with Gasteiger partial charge in [0.15, 0.2) is 0 Å². The molecule has 14 heavy (non-hydrogen) atoms. The van der Waals surface area contributed by atoms with Gasteiger partial charge in [-0.1, -0.05) is 18.2 Å². The van der Waals surface area contributed by atoms with Crippen molar-refractivity contribution in [2.24, 2.45) is 0 Å². The van der Waals surface area contributed by atoms with Crippen molar-refractivity contribution < 1.29 is 4.39 Å². The maximum absolute atomic E-state index is 12.9. The van der Waals surface area contributed by atoms with Crippen molar-refractivity contribution in [3.63, 3.8) is 0 Å². The maximum atomic E-state index is 12.9. The molecule has 0 aromatic heterocycles. The van der Waals surface area contributed by atoms with Gasteiger partial charge in [0.25, 0.3) is 0 Å². The molecule has 0 atom stereocenters. The first kappa shape index (κ1) is 10.9. The Morgan fingerprint density at radius 3 is 2.93 bits per heavy atom. The van der Waals surface area contributed by atoms with Crippen molar-refractivity contribution in [3.8, 4) is 0 Å². The molecule has 0 radical (unpaired) electrons. The zero-order valence-corrected chi connectivity index (χ0v) is 8.68. The molecule has 0 aliphatic heterocycles. The van der Waals surface area contributed by atoms with E-state index in [1.807, 2.05) is 20.0 Å². The van der Waals surface area contributed by atoms with Crippen molar-refractivity contribution in [1.29, 1.82) is 0 Å². The Morgan fingerprint density at radius 1 is 1.50 bits per heavy atom. The number of nitrogens with one attached hydrogen (secondary N) is 1. The highest BCUT2D eigenvalue weighted by Crippen LogP contribution is 2.14. The SMILES string of the molecule is CNCCC=C(C)c1cccc(F)c1. The lowest BCUT2D eigenvalue weighted by Gasteiger charge is -2.01. The molecule has 1 aromatic carbocycles. The third kappa shape index (κ3) is 3.30. The van der Waals surface area contributed by atoms with E-state index in [0.717, 1.165) is 24.1 Å². The van der Waals surface area contributed by atoms with Gasteiger partial charge in [-0.3, -0.25) is 0 Å². The van der Waals surface area contributed by atoms with Crippen LogP contribution in [0.2, 0.25) is 0 Å². The highest BCUT2D eigenvalue weighted by atomic mass is 19.1. The topological polar surface area (TPSA) is 12.0 Å². The molecule has 0 spiro atoms. The van der Waals surface area contributed by atoms with Crippen LogP contribution in [0.25, 0.3) is 5.57 Å². The summed E-state index contributed by atoms with van der Waals surface area (Å²) >= 11 is 0. The molecule has 0 unspecified atom stereocenters. The number of halogens is 1. The van der Waals surface area contributed by atoms with E-state index in [1.165, 1.54) is 6.07 Å². The zero-order chi connectivity index (χ0) is 10.4. The molecule has 0 aliphatic carbocycles. The van der Waals surface area contributed by atoms with E-state index in [4.69, 9.17) is 0 Å². The average molecular weight is 193 g/mol. The summed E-state index contributed by atoms with van der Waals surface area (Å²) in [6.07, 6.45) is 3.09. The second-order valence-corrected chi connectivity index (χ2v) is 3.29. The fraction of sp³-hybridized carbons (Fsp3) is 0.333. The first-order valence-electron chi connectivity index (χ1n) is 4.81. The van der Waals surface area contributed by atoms with Gasteiger partial charge < -0.3 is 5.32 Å². The van der Waals surface area contributed by atoms with Crippen LogP contribution in [0.15, 0.2) is 30.3 Å². The summed E-state index contributed by atoms with van der Waals surface area (Å²) in [6.45, 7) is 2.96. The van der Waals surface area contributed by atoms with Gasteiger partial charge in [-0.05, 0) is 50.2 Å². The van der Waals surface area contributed by atoms with Gasteiger partial charge in [-0.2, -0.15) is 0 Å². The molecular formula is C12H16FN. The molecule has 0 saturated carbocycles. The first-order valence-corrected chi connectivity index (χ1v) is 4.81. The summed E-state index contributed by atoms with van der Waals surface area (Å²) in [5, 5.41) is 3.07. The van der Waals surface area contributed by atoms with Crippen LogP contribution in [0.4, 0.5) is 4.39 Å². The number of hydrogen-bond acceptors (Lipinski definition) is 1. The van der Waals surface area contributed by atoms with E-state index < -0.39 is 0 Å². The van der Waals surface area contributed by atoms with Crippen molar-refractivity contribution in [1.82, 2.24) is 5.32 Å². The predicted octanol–water partition coefficient (Wildman–Crippen LogP) is 2.84. The molecule has 0 fully saturated rings. The van der Waals surface area contributed by atoms with Crippen LogP contribution in [-0.2, 0) is 0 Å². The lowest BCUT2D eigenvalue weighted by atomic mass is 10.1. The lowest BCUT2D eigenvalue weighted by molar-refractivity contribution is 0.627. The van der Waals surface area contributed by atoms with Gasteiger partial charge in [0.2, 0.25) is 0 Å². The minimum atomic E-state index is -0.177. The molecule has 0 aliphatic rings. The van der Waals surface area contributed by atoms with Gasteiger partial charge in [0.05, 0.1) is 0 Å². The molecule has 1 rings (SSSR count). The van der Waals surface area contributed by atoms with Crippen LogP contribution < -0.4 is 5.32 Å². The predicted molar refractivity (Wildman–Crippen MR) is 58.6 cm³/mol. The molecule has 1 nitrogen and oxygen atoms in total. The quantitative estimate of drug-likeness (QED) is 0.725. The highest BCUT2D eigenvalue weighted by molar-refractivity contribution is 5.63. The van der Waals surface area contributed by atoms with E-state index in [1.54, 1.807) is 12.1 Å². The van der Waals surface area contributed by atoms with E-state index in [-0.39, 0.29) is 5.82 Å². The summed E-state index contributed by atoms with van der Waals surface area (Å²) < 4.78 is 12.9. The molecule has 0 amide bonds. The van der Waals surface area contributed by atoms with Gasteiger partial charge in [0.1, 0.15) is 5.82 Å². The summed E-state index contributed by atoms with van der Waals surface area (Å²) in [5.41, 5.74) is 2.08. The van der Waals surface area contributed by atoms with Crippen LogP contribution in [0.5, 0.6) is 0 Å². The smallest absolute Gasteiger partial charge is 0.123 e. The lowest BCUT2D eigenvalue weighted by Crippen LogP contribution is -2.05. The monoisotopic (exact) mass is 193 g/mol. The maximum Gasteiger partial charge on any atom is 0.123 e. The van der Waals surface area contributed by atoms with Crippen LogP contribution in [-0.4, -0.2) is 13.6 Å². The van der Waals surface area contributed by atoms with Crippen LogP contribution in [0.1, 0.15) is 18.9 Å². The molecule has 0 heterocycles. The molecular weight excluding hydrogens is 177 g/mol. The molecule has 2 heteroatoms. The van der Waals surface area contributed by atoms with Crippen LogP contribution in [0, 0.1) is 5.82 Å². The summed E-state index contributed by atoms with van der Waals surface area (Å²) in [7, 11) is 1.92. The van der Waals surface area contributed by atoms with Gasteiger partial charge in [-0.15, -0.1) is 0 Å². The van der Waals surface area contributed by atoms with Crippen molar-refractivity contribution in [2.45, 2.75) is 13.3 Å². The second kappa shape index (κ2) is 5.55. The van der Waals surface area contributed by atoms with Gasteiger partial charge >= 0.3 is 0 Å². The van der Waals surface area contributed by atoms with Gasteiger partial charge in [-0.25, -0.2) is 4.39 Å². The van der Waals surface area contributed by atoms with Crippen molar-refractivity contribution in [2.75, 3.05) is 13.6 Å². The van der Waals surface area contributed by atoms with E-state index in [9.17, 15) is 4.39 Å². The molecule has 1 N–H and O–H groups in total. The normalized spacial score (nSPS) is 11.8. The second-order valence-electron chi connectivity index (χ2n) is 3.29. The fourth-order valence-corrected chi connectivity index (χ4v) is 1.28. The summed E-state index contributed by atoms with van der Waals surface area (Å²) in [5.74, 6) is -0.177. The third-order valence-corrected chi connectivity index (χ3v) is 2.12. The number of allylic oxidation sites excluding steroid dienone is 1. The van der Waals surface area contributed by atoms with E-state index >= 15 is 0 Å².